The molecule has 0 saturated heterocycles. The molecule has 0 amide bonds. The van der Waals surface area contributed by atoms with Gasteiger partial charge < -0.3 is 0 Å². The second kappa shape index (κ2) is 2.27. The highest BCUT2D eigenvalue weighted by Gasteiger charge is 2.03. The maximum absolute atomic E-state index is 4.24. The molecular weight excluding hydrogens is 152 g/mol. The number of aromatic nitrogens is 4. The molecule has 2 heterocycles. The molecule has 0 radical (unpaired) electrons. The Morgan fingerprint density at radius 3 is 2.75 bits per heavy atom. The molecule has 0 unspecified atom stereocenters. The van der Waals surface area contributed by atoms with Crippen molar-refractivity contribution in [2.24, 2.45) is 0 Å². The highest BCUT2D eigenvalue weighted by molar-refractivity contribution is 5.36. The van der Waals surface area contributed by atoms with E-state index in [4.69, 9.17) is 0 Å². The van der Waals surface area contributed by atoms with Gasteiger partial charge in [-0.1, -0.05) is 0 Å². The zero-order chi connectivity index (χ0) is 8.72. The third-order valence-electron chi connectivity index (χ3n) is 1.95. The smallest absolute Gasteiger partial charge is 0.174 e. The van der Waals surface area contributed by atoms with E-state index in [-0.39, 0.29) is 0 Å². The second-order valence-electron chi connectivity index (χ2n) is 2.86. The summed E-state index contributed by atoms with van der Waals surface area (Å²) in [4.78, 5) is 8.40. The second-order valence-corrected chi connectivity index (χ2v) is 2.86. The number of rotatable bonds is 0. The zero-order valence-electron chi connectivity index (χ0n) is 7.37. The molecule has 0 aromatic carbocycles. The lowest BCUT2D eigenvalue weighted by Crippen LogP contribution is -1.98. The Morgan fingerprint density at radius 1 is 1.25 bits per heavy atom. The molecule has 0 fully saturated rings. The lowest BCUT2D eigenvalue weighted by atomic mass is 10.3. The van der Waals surface area contributed by atoms with Gasteiger partial charge in [-0.2, -0.15) is 5.10 Å². The molecule has 0 aliphatic heterocycles. The fourth-order valence-electron chi connectivity index (χ4n) is 1.16. The fourth-order valence-corrected chi connectivity index (χ4v) is 1.16. The van der Waals surface area contributed by atoms with Crippen LogP contribution in [0.4, 0.5) is 0 Å². The molecule has 2 aromatic rings. The molecule has 62 valence electrons. The number of nitrogens with zero attached hydrogens (tertiary/aromatic N) is 4. The SMILES string of the molecule is Cc1nc2cnc(C)c(C)n2n1. The monoisotopic (exact) mass is 162 g/mol. The predicted octanol–water partition coefficient (Wildman–Crippen LogP) is 1.05. The zero-order valence-corrected chi connectivity index (χ0v) is 7.37. The van der Waals surface area contributed by atoms with Crippen molar-refractivity contribution >= 4 is 5.65 Å². The Balaban J connectivity index is 2.89. The van der Waals surface area contributed by atoms with Crippen molar-refractivity contribution in [3.63, 3.8) is 0 Å². The van der Waals surface area contributed by atoms with Gasteiger partial charge >= 0.3 is 0 Å². The molecular formula is C8H10N4. The van der Waals surface area contributed by atoms with Gasteiger partial charge in [0.15, 0.2) is 5.65 Å². The van der Waals surface area contributed by atoms with Crippen LogP contribution in [0, 0.1) is 20.8 Å². The molecule has 2 rings (SSSR count). The van der Waals surface area contributed by atoms with E-state index in [0.29, 0.717) is 0 Å². The van der Waals surface area contributed by atoms with Crippen molar-refractivity contribution in [2.75, 3.05) is 0 Å². The van der Waals surface area contributed by atoms with Crippen molar-refractivity contribution in [1.29, 1.82) is 0 Å². The normalized spacial score (nSPS) is 10.9. The van der Waals surface area contributed by atoms with E-state index in [1.54, 1.807) is 6.20 Å². The van der Waals surface area contributed by atoms with E-state index >= 15 is 0 Å². The van der Waals surface area contributed by atoms with Gasteiger partial charge in [-0.15, -0.1) is 0 Å². The van der Waals surface area contributed by atoms with E-state index in [2.05, 4.69) is 15.1 Å². The quantitative estimate of drug-likeness (QED) is 0.581. The molecule has 0 atom stereocenters. The number of fused-ring (bicyclic) bond motifs is 1. The van der Waals surface area contributed by atoms with Gasteiger partial charge in [0.1, 0.15) is 5.82 Å². The van der Waals surface area contributed by atoms with Gasteiger partial charge in [-0.3, -0.25) is 4.98 Å². The first kappa shape index (κ1) is 7.21. The molecule has 4 heteroatoms. The summed E-state index contributed by atoms with van der Waals surface area (Å²) >= 11 is 0. The van der Waals surface area contributed by atoms with Gasteiger partial charge in [-0.25, -0.2) is 9.50 Å². The molecule has 4 nitrogen and oxygen atoms in total. The summed E-state index contributed by atoms with van der Waals surface area (Å²) in [6, 6.07) is 0. The van der Waals surface area contributed by atoms with Crippen LogP contribution in [-0.4, -0.2) is 19.6 Å². The van der Waals surface area contributed by atoms with E-state index < -0.39 is 0 Å². The Hall–Kier alpha value is -1.45. The van der Waals surface area contributed by atoms with Crippen LogP contribution in [0.25, 0.3) is 5.65 Å². The van der Waals surface area contributed by atoms with Gasteiger partial charge in [0.25, 0.3) is 0 Å². The molecule has 0 aliphatic carbocycles. The summed E-state index contributed by atoms with van der Waals surface area (Å²) in [5.41, 5.74) is 2.86. The van der Waals surface area contributed by atoms with Crippen molar-refractivity contribution < 1.29 is 0 Å². The Morgan fingerprint density at radius 2 is 2.00 bits per heavy atom. The lowest BCUT2D eigenvalue weighted by Gasteiger charge is -1.99. The highest BCUT2D eigenvalue weighted by Crippen LogP contribution is 2.05. The van der Waals surface area contributed by atoms with Crippen LogP contribution in [0.1, 0.15) is 17.2 Å². The molecule has 12 heavy (non-hydrogen) atoms. The van der Waals surface area contributed by atoms with Crippen LogP contribution in [0.2, 0.25) is 0 Å². The molecule has 0 aliphatic rings. The van der Waals surface area contributed by atoms with Crippen LogP contribution in [0.3, 0.4) is 0 Å². The molecule has 0 N–H and O–H groups in total. The average Bonchev–Trinajstić information content (AvgIpc) is 2.39. The van der Waals surface area contributed by atoms with Gasteiger partial charge in [-0.05, 0) is 20.8 Å². The van der Waals surface area contributed by atoms with Crippen LogP contribution >= 0.6 is 0 Å². The minimum atomic E-state index is 0.783. The first-order valence-electron chi connectivity index (χ1n) is 3.84. The van der Waals surface area contributed by atoms with Crippen molar-refractivity contribution in [3.05, 3.63) is 23.4 Å². The van der Waals surface area contributed by atoms with Gasteiger partial charge in [0.2, 0.25) is 0 Å². The first-order chi connectivity index (χ1) is 5.68. The first-order valence-corrected chi connectivity index (χ1v) is 3.84. The third-order valence-corrected chi connectivity index (χ3v) is 1.95. The molecule has 0 saturated carbocycles. The van der Waals surface area contributed by atoms with Gasteiger partial charge in [0.05, 0.1) is 17.6 Å². The summed E-state index contributed by atoms with van der Waals surface area (Å²) in [6.45, 7) is 5.83. The average molecular weight is 162 g/mol. The summed E-state index contributed by atoms with van der Waals surface area (Å²) < 4.78 is 1.82. The largest absolute Gasteiger partial charge is 0.256 e. The number of hydrogen-bond acceptors (Lipinski definition) is 3. The lowest BCUT2D eigenvalue weighted by molar-refractivity contribution is 0.863. The van der Waals surface area contributed by atoms with E-state index in [1.165, 1.54) is 0 Å². The predicted molar refractivity (Wildman–Crippen MR) is 45.0 cm³/mol. The maximum Gasteiger partial charge on any atom is 0.174 e. The van der Waals surface area contributed by atoms with Crippen molar-refractivity contribution in [3.8, 4) is 0 Å². The van der Waals surface area contributed by atoms with Crippen LogP contribution in [-0.2, 0) is 0 Å². The Kier molecular flexibility index (Phi) is 1.36. The van der Waals surface area contributed by atoms with E-state index in [1.807, 2.05) is 25.3 Å². The van der Waals surface area contributed by atoms with Gasteiger partial charge in [0, 0.05) is 0 Å². The van der Waals surface area contributed by atoms with E-state index in [9.17, 15) is 0 Å². The summed E-state index contributed by atoms with van der Waals surface area (Å²) in [7, 11) is 0. The van der Waals surface area contributed by atoms with Crippen LogP contribution in [0.5, 0.6) is 0 Å². The standard InChI is InChI=1S/C8H10N4/c1-5-6(2)12-8(4-9-5)10-7(3)11-12/h4H,1-3H3. The Bertz CT molecular complexity index is 430. The summed E-state index contributed by atoms with van der Waals surface area (Å²) in [5.74, 6) is 0.783. The maximum atomic E-state index is 4.24. The molecule has 2 aromatic heterocycles. The Labute approximate surface area is 70.3 Å². The minimum Gasteiger partial charge on any atom is -0.256 e. The number of aryl methyl sites for hydroxylation is 3. The van der Waals surface area contributed by atoms with Crippen molar-refractivity contribution in [1.82, 2.24) is 19.6 Å². The van der Waals surface area contributed by atoms with Crippen LogP contribution in [0.15, 0.2) is 6.20 Å². The topological polar surface area (TPSA) is 43.1 Å². The highest BCUT2D eigenvalue weighted by atomic mass is 15.3. The molecule has 0 spiro atoms. The van der Waals surface area contributed by atoms with E-state index in [0.717, 1.165) is 22.9 Å². The van der Waals surface area contributed by atoms with Crippen molar-refractivity contribution in [2.45, 2.75) is 20.8 Å². The summed E-state index contributed by atoms with van der Waals surface area (Å²) in [5, 5.41) is 4.24. The molecule has 0 bridgehead atoms. The number of hydrogen-bond donors (Lipinski definition) is 0. The minimum absolute atomic E-state index is 0.783. The van der Waals surface area contributed by atoms with Crippen LogP contribution < -0.4 is 0 Å². The summed E-state index contributed by atoms with van der Waals surface area (Å²) in [6.07, 6.45) is 1.74. The third kappa shape index (κ3) is 0.879. The fraction of sp³-hybridized carbons (Fsp3) is 0.375.